The second-order valence-electron chi connectivity index (χ2n) is 7.36. The maximum Gasteiger partial charge on any atom is 0.239 e. The summed E-state index contributed by atoms with van der Waals surface area (Å²) in [7, 11) is 0. The number of aromatic nitrogens is 2. The van der Waals surface area contributed by atoms with Gasteiger partial charge in [0.1, 0.15) is 11.2 Å². The summed E-state index contributed by atoms with van der Waals surface area (Å²) in [4.78, 5) is 38.1. The van der Waals surface area contributed by atoms with Crippen LogP contribution in [0.25, 0.3) is 0 Å². The molecule has 2 amide bonds. The molecule has 1 fully saturated rings. The number of piperazine rings is 1. The van der Waals surface area contributed by atoms with Crippen LogP contribution in [0.2, 0.25) is 0 Å². The molecule has 8 heteroatoms. The van der Waals surface area contributed by atoms with Crippen LogP contribution < -0.4 is 15.0 Å². The molecule has 154 valence electrons. The second kappa shape index (κ2) is 8.89. The van der Waals surface area contributed by atoms with Crippen molar-refractivity contribution in [2.75, 3.05) is 43.0 Å². The lowest BCUT2D eigenvalue weighted by Crippen LogP contribution is -2.54. The lowest BCUT2D eigenvalue weighted by atomic mass is 9.89. The van der Waals surface area contributed by atoms with Crippen molar-refractivity contribution in [1.82, 2.24) is 14.9 Å². The lowest BCUT2D eigenvalue weighted by Gasteiger charge is -2.38. The van der Waals surface area contributed by atoms with E-state index in [9.17, 15) is 9.59 Å². The number of benzene rings is 1. The van der Waals surface area contributed by atoms with E-state index >= 15 is 0 Å². The van der Waals surface area contributed by atoms with Crippen molar-refractivity contribution in [3.8, 4) is 5.75 Å². The Balaban J connectivity index is 1.58. The Morgan fingerprint density at radius 3 is 2.28 bits per heavy atom. The molecule has 0 unspecified atom stereocenters. The SMILES string of the molecule is CCOc1ccc(NC(=O)C(C)(C)C(=O)N2CCN(c3ncccn3)CC2)cc1. The fraction of sp³-hybridized carbons (Fsp3) is 0.429. The molecule has 2 heterocycles. The summed E-state index contributed by atoms with van der Waals surface area (Å²) in [6.45, 7) is 8.12. The largest absolute Gasteiger partial charge is 0.494 e. The topological polar surface area (TPSA) is 87.7 Å². The third kappa shape index (κ3) is 4.82. The van der Waals surface area contributed by atoms with E-state index in [0.29, 0.717) is 44.4 Å². The summed E-state index contributed by atoms with van der Waals surface area (Å²) in [6.07, 6.45) is 3.41. The van der Waals surface area contributed by atoms with Crippen LogP contribution in [0.3, 0.4) is 0 Å². The molecule has 1 N–H and O–H groups in total. The molecule has 0 aliphatic carbocycles. The van der Waals surface area contributed by atoms with Gasteiger partial charge in [0.05, 0.1) is 6.61 Å². The van der Waals surface area contributed by atoms with Gasteiger partial charge < -0.3 is 19.9 Å². The summed E-state index contributed by atoms with van der Waals surface area (Å²) in [6, 6.07) is 8.89. The molecule has 2 aromatic rings. The van der Waals surface area contributed by atoms with E-state index in [1.807, 2.05) is 11.8 Å². The van der Waals surface area contributed by atoms with Gasteiger partial charge in [-0.25, -0.2) is 9.97 Å². The van der Waals surface area contributed by atoms with Crippen molar-refractivity contribution in [2.45, 2.75) is 20.8 Å². The summed E-state index contributed by atoms with van der Waals surface area (Å²) < 4.78 is 5.40. The monoisotopic (exact) mass is 397 g/mol. The third-order valence-electron chi connectivity index (χ3n) is 4.93. The van der Waals surface area contributed by atoms with E-state index in [4.69, 9.17) is 4.74 Å². The fourth-order valence-electron chi connectivity index (χ4n) is 3.14. The molecule has 1 aliphatic heterocycles. The highest BCUT2D eigenvalue weighted by atomic mass is 16.5. The predicted molar refractivity (Wildman–Crippen MR) is 111 cm³/mol. The van der Waals surface area contributed by atoms with Crippen LogP contribution in [-0.4, -0.2) is 59.5 Å². The molecule has 0 saturated carbocycles. The number of nitrogens with zero attached hydrogens (tertiary/aromatic N) is 4. The molecule has 1 aromatic carbocycles. The van der Waals surface area contributed by atoms with Crippen LogP contribution in [0.4, 0.5) is 11.6 Å². The first-order valence-electron chi connectivity index (χ1n) is 9.77. The zero-order valence-electron chi connectivity index (χ0n) is 17.1. The highest BCUT2D eigenvalue weighted by Gasteiger charge is 2.40. The Morgan fingerprint density at radius 1 is 1.07 bits per heavy atom. The van der Waals surface area contributed by atoms with Gasteiger partial charge in [-0.15, -0.1) is 0 Å². The average Bonchev–Trinajstić information content (AvgIpc) is 2.75. The maximum absolute atomic E-state index is 13.0. The number of ether oxygens (including phenoxy) is 1. The maximum atomic E-state index is 13.0. The van der Waals surface area contributed by atoms with Gasteiger partial charge in [0.15, 0.2) is 0 Å². The van der Waals surface area contributed by atoms with E-state index < -0.39 is 5.41 Å². The molecule has 1 aromatic heterocycles. The van der Waals surface area contributed by atoms with Gasteiger partial charge in [-0.05, 0) is 51.1 Å². The number of nitrogens with one attached hydrogen (secondary N) is 1. The molecule has 29 heavy (non-hydrogen) atoms. The Labute approximate surface area is 170 Å². The van der Waals surface area contributed by atoms with Crippen LogP contribution in [-0.2, 0) is 9.59 Å². The van der Waals surface area contributed by atoms with Crippen LogP contribution in [0.15, 0.2) is 42.7 Å². The number of carbonyl (C=O) groups excluding carboxylic acids is 2. The molecule has 8 nitrogen and oxygen atoms in total. The third-order valence-corrected chi connectivity index (χ3v) is 4.93. The van der Waals surface area contributed by atoms with Gasteiger partial charge in [0, 0.05) is 44.3 Å². The first-order valence-corrected chi connectivity index (χ1v) is 9.77. The Kier molecular flexibility index (Phi) is 6.31. The van der Waals surface area contributed by atoms with Crippen molar-refractivity contribution in [3.05, 3.63) is 42.7 Å². The van der Waals surface area contributed by atoms with E-state index in [2.05, 4.69) is 15.3 Å². The number of carbonyl (C=O) groups is 2. The second-order valence-corrected chi connectivity index (χ2v) is 7.36. The first kappa shape index (κ1) is 20.6. The first-order chi connectivity index (χ1) is 13.9. The fourth-order valence-corrected chi connectivity index (χ4v) is 3.14. The number of hydrogen-bond acceptors (Lipinski definition) is 6. The molecule has 0 spiro atoms. The summed E-state index contributed by atoms with van der Waals surface area (Å²) in [5, 5.41) is 2.83. The highest BCUT2D eigenvalue weighted by Crippen LogP contribution is 2.24. The van der Waals surface area contributed by atoms with Gasteiger partial charge in [-0.2, -0.15) is 0 Å². The number of anilines is 2. The highest BCUT2D eigenvalue weighted by molar-refractivity contribution is 6.09. The summed E-state index contributed by atoms with van der Waals surface area (Å²) >= 11 is 0. The van der Waals surface area contributed by atoms with Gasteiger partial charge >= 0.3 is 0 Å². The molecule has 0 radical (unpaired) electrons. The lowest BCUT2D eigenvalue weighted by molar-refractivity contribution is -0.146. The van der Waals surface area contributed by atoms with E-state index in [1.165, 1.54) is 0 Å². The minimum Gasteiger partial charge on any atom is -0.494 e. The molecule has 0 bridgehead atoms. The molecular weight excluding hydrogens is 370 g/mol. The predicted octanol–water partition coefficient (Wildman–Crippen LogP) is 2.19. The van der Waals surface area contributed by atoms with Crippen molar-refractivity contribution < 1.29 is 14.3 Å². The molecule has 1 saturated heterocycles. The average molecular weight is 397 g/mol. The van der Waals surface area contributed by atoms with Crippen molar-refractivity contribution >= 4 is 23.5 Å². The van der Waals surface area contributed by atoms with Gasteiger partial charge in [-0.3, -0.25) is 9.59 Å². The van der Waals surface area contributed by atoms with Crippen LogP contribution in [0, 0.1) is 5.41 Å². The number of rotatable bonds is 6. The molecular formula is C21H27N5O3. The number of amides is 2. The number of hydrogen-bond donors (Lipinski definition) is 1. The zero-order chi connectivity index (χ0) is 20.9. The van der Waals surface area contributed by atoms with Crippen molar-refractivity contribution in [2.24, 2.45) is 5.41 Å². The minimum atomic E-state index is -1.18. The molecule has 0 atom stereocenters. The smallest absolute Gasteiger partial charge is 0.239 e. The van der Waals surface area contributed by atoms with Gasteiger partial charge in [0.2, 0.25) is 17.8 Å². The minimum absolute atomic E-state index is 0.186. The van der Waals surface area contributed by atoms with Crippen molar-refractivity contribution in [1.29, 1.82) is 0 Å². The van der Waals surface area contributed by atoms with E-state index in [-0.39, 0.29) is 11.8 Å². The quantitative estimate of drug-likeness (QED) is 0.752. The van der Waals surface area contributed by atoms with Gasteiger partial charge in [-0.1, -0.05) is 0 Å². The van der Waals surface area contributed by atoms with Crippen LogP contribution in [0.5, 0.6) is 5.75 Å². The normalized spacial score (nSPS) is 14.4. The standard InChI is InChI=1S/C21H27N5O3/c1-4-29-17-8-6-16(7-9-17)24-18(27)21(2,3)19(28)25-12-14-26(15-13-25)20-22-10-5-11-23-20/h5-11H,4,12-15H2,1-3H3,(H,24,27). The van der Waals surface area contributed by atoms with E-state index in [0.717, 1.165) is 5.75 Å². The van der Waals surface area contributed by atoms with Crippen LogP contribution >= 0.6 is 0 Å². The Morgan fingerprint density at radius 2 is 1.69 bits per heavy atom. The zero-order valence-corrected chi connectivity index (χ0v) is 17.1. The molecule has 3 rings (SSSR count). The van der Waals surface area contributed by atoms with Crippen molar-refractivity contribution in [3.63, 3.8) is 0 Å². The Bertz CT molecular complexity index is 831. The van der Waals surface area contributed by atoms with E-state index in [1.54, 1.807) is 61.5 Å². The molecule has 1 aliphatic rings. The Hall–Kier alpha value is -3.16. The van der Waals surface area contributed by atoms with Crippen LogP contribution in [0.1, 0.15) is 20.8 Å². The van der Waals surface area contributed by atoms with Gasteiger partial charge in [0.25, 0.3) is 0 Å². The summed E-state index contributed by atoms with van der Waals surface area (Å²) in [5.74, 6) is 0.878. The summed E-state index contributed by atoms with van der Waals surface area (Å²) in [5.41, 5.74) is -0.547.